The summed E-state index contributed by atoms with van der Waals surface area (Å²) in [5.74, 6) is -1.45. The molecule has 22 heavy (non-hydrogen) atoms. The van der Waals surface area contributed by atoms with Crippen LogP contribution in [-0.4, -0.2) is 0 Å². The average molecular weight is 342 g/mol. The summed E-state index contributed by atoms with van der Waals surface area (Å²) in [7, 11) is -8.14. The Bertz CT molecular complexity index is 561. The van der Waals surface area contributed by atoms with Crippen LogP contribution >= 0.6 is 7.85 Å². The van der Waals surface area contributed by atoms with Crippen molar-refractivity contribution >= 4 is 13.2 Å². The summed E-state index contributed by atoms with van der Waals surface area (Å²) in [5.41, 5.74) is -0.796. The summed E-state index contributed by atoms with van der Waals surface area (Å²) in [5, 5.41) is -1.72. The van der Waals surface area contributed by atoms with Gasteiger partial charge in [-0.15, -0.1) is 0 Å². The molecule has 0 bridgehead atoms. The van der Waals surface area contributed by atoms with Crippen LogP contribution in [0.4, 0.5) is 21.2 Å². The Morgan fingerprint density at radius 3 is 1.68 bits per heavy atom. The van der Waals surface area contributed by atoms with Gasteiger partial charge >= 0.3 is 129 Å². The quantitative estimate of drug-likeness (QED) is 0.402. The van der Waals surface area contributed by atoms with Crippen molar-refractivity contribution in [3.63, 3.8) is 0 Å². The van der Waals surface area contributed by atoms with E-state index >= 15 is 0 Å². The molecular formula is C16H24F5P. The molecule has 1 rings (SSSR count). The average Bonchev–Trinajstić information content (AvgIpc) is 2.35. The van der Waals surface area contributed by atoms with E-state index in [4.69, 9.17) is 0 Å². The summed E-state index contributed by atoms with van der Waals surface area (Å²) in [4.78, 5) is 0. The fourth-order valence-corrected chi connectivity index (χ4v) is 3.13. The predicted molar refractivity (Wildman–Crippen MR) is 84.0 cm³/mol. The number of halogens is 5. The van der Waals surface area contributed by atoms with Gasteiger partial charge in [0.15, 0.2) is 0 Å². The van der Waals surface area contributed by atoms with Gasteiger partial charge in [0.1, 0.15) is 0 Å². The van der Waals surface area contributed by atoms with E-state index in [0.29, 0.717) is 24.5 Å². The van der Waals surface area contributed by atoms with E-state index in [2.05, 4.69) is 0 Å². The molecule has 6 heteroatoms. The summed E-state index contributed by atoms with van der Waals surface area (Å²) in [6, 6.07) is 1.81. The maximum atomic E-state index is 14.7. The van der Waals surface area contributed by atoms with E-state index < -0.39 is 29.8 Å². The van der Waals surface area contributed by atoms with Gasteiger partial charge in [-0.2, -0.15) is 0 Å². The first kappa shape index (κ1) is 19.3. The van der Waals surface area contributed by atoms with Crippen LogP contribution in [0.1, 0.15) is 65.5 Å². The second-order valence-electron chi connectivity index (χ2n) is 7.02. The molecule has 0 aliphatic carbocycles. The Labute approximate surface area is 129 Å². The van der Waals surface area contributed by atoms with Crippen LogP contribution in [0, 0.1) is 5.82 Å². The van der Waals surface area contributed by atoms with Gasteiger partial charge in [-0.3, -0.25) is 0 Å². The molecule has 128 valence electrons. The maximum absolute atomic E-state index is 14.7. The molecule has 0 spiro atoms. The Morgan fingerprint density at radius 2 is 1.32 bits per heavy atom. The van der Waals surface area contributed by atoms with Gasteiger partial charge in [0.25, 0.3) is 0 Å². The van der Waals surface area contributed by atoms with Crippen LogP contribution in [-0.2, 0) is 10.8 Å². The fraction of sp³-hybridized carbons (Fsp3) is 0.625. The summed E-state index contributed by atoms with van der Waals surface area (Å²) < 4.78 is 67.3. The minimum absolute atomic E-state index is 0.0149. The molecule has 0 atom stereocenters. The zero-order chi connectivity index (χ0) is 17.6. The van der Waals surface area contributed by atoms with Gasteiger partial charge in [-0.25, -0.2) is 0 Å². The van der Waals surface area contributed by atoms with E-state index in [1.807, 2.05) is 20.8 Å². The zero-order valence-corrected chi connectivity index (χ0v) is 14.8. The number of rotatable bonds is 5. The van der Waals surface area contributed by atoms with E-state index in [0.717, 1.165) is 0 Å². The van der Waals surface area contributed by atoms with Crippen LogP contribution in [0.2, 0.25) is 0 Å². The van der Waals surface area contributed by atoms with Crippen molar-refractivity contribution in [2.24, 2.45) is 0 Å². The predicted octanol–water partition coefficient (Wildman–Crippen LogP) is 6.92. The third-order valence-corrected chi connectivity index (χ3v) is 5.73. The molecule has 0 saturated carbocycles. The molecule has 0 heterocycles. The number of benzene rings is 1. The molecule has 0 unspecified atom stereocenters. The first-order chi connectivity index (χ1) is 9.64. The normalized spacial score (nSPS) is 15.5. The molecular weight excluding hydrogens is 318 g/mol. The molecule has 0 aliphatic heterocycles. The van der Waals surface area contributed by atoms with Crippen LogP contribution in [0.5, 0.6) is 0 Å². The van der Waals surface area contributed by atoms with Gasteiger partial charge < -0.3 is 0 Å². The molecule has 1 aromatic carbocycles. The Hall–Kier alpha value is -0.700. The van der Waals surface area contributed by atoms with Crippen LogP contribution in [0.3, 0.4) is 0 Å². The van der Waals surface area contributed by atoms with Crippen molar-refractivity contribution in [1.82, 2.24) is 0 Å². The Balaban J connectivity index is 3.84. The minimum atomic E-state index is -8.14. The van der Waals surface area contributed by atoms with Crippen molar-refractivity contribution in [2.45, 2.75) is 65.2 Å². The molecule has 0 nitrogen and oxygen atoms in total. The Morgan fingerprint density at radius 1 is 0.864 bits per heavy atom. The molecule has 0 aliphatic rings. The van der Waals surface area contributed by atoms with Crippen LogP contribution in [0.15, 0.2) is 12.1 Å². The van der Waals surface area contributed by atoms with Crippen molar-refractivity contribution in [3.05, 3.63) is 29.1 Å². The van der Waals surface area contributed by atoms with Crippen LogP contribution in [0.25, 0.3) is 0 Å². The molecule has 1 aromatic rings. The first-order valence-electron chi connectivity index (χ1n) is 7.37. The summed E-state index contributed by atoms with van der Waals surface area (Å²) in [6.07, 6.45) is 1.09. The van der Waals surface area contributed by atoms with Crippen molar-refractivity contribution < 1.29 is 21.2 Å². The van der Waals surface area contributed by atoms with Gasteiger partial charge in [0, 0.05) is 0 Å². The molecule has 0 saturated heterocycles. The SMILES string of the molecule is CCC(C)(C)c1ccc(P(F)(F)(F)F)c(F)c1C(C)(C)CC. The molecule has 0 amide bonds. The second-order valence-corrected chi connectivity index (χ2v) is 8.94. The van der Waals surface area contributed by atoms with Gasteiger partial charge in [-0.1, -0.05) is 0 Å². The topological polar surface area (TPSA) is 0 Å². The molecule has 0 fully saturated rings. The monoisotopic (exact) mass is 342 g/mol. The van der Waals surface area contributed by atoms with E-state index in [9.17, 15) is 21.2 Å². The zero-order valence-electron chi connectivity index (χ0n) is 13.9. The van der Waals surface area contributed by atoms with Crippen LogP contribution < -0.4 is 5.30 Å². The first-order valence-corrected chi connectivity index (χ1v) is 9.17. The molecule has 0 radical (unpaired) electrons. The van der Waals surface area contributed by atoms with E-state index in [-0.39, 0.29) is 5.56 Å². The van der Waals surface area contributed by atoms with Gasteiger partial charge in [0.2, 0.25) is 0 Å². The van der Waals surface area contributed by atoms with Crippen molar-refractivity contribution in [2.75, 3.05) is 0 Å². The number of hydrogen-bond acceptors (Lipinski definition) is 0. The van der Waals surface area contributed by atoms with Gasteiger partial charge in [-0.05, 0) is 0 Å². The third kappa shape index (κ3) is 3.61. The fourth-order valence-electron chi connectivity index (χ4n) is 2.42. The number of hydrogen-bond donors (Lipinski definition) is 0. The second kappa shape index (κ2) is 5.43. The summed E-state index contributed by atoms with van der Waals surface area (Å²) >= 11 is 0. The van der Waals surface area contributed by atoms with Crippen molar-refractivity contribution in [1.29, 1.82) is 0 Å². The molecule has 0 aromatic heterocycles. The van der Waals surface area contributed by atoms with Crippen molar-refractivity contribution in [3.8, 4) is 0 Å². The third-order valence-electron chi connectivity index (χ3n) is 4.66. The standard InChI is InChI=1S/C16H24F5P/c1-7-15(3,4)11-9-10-12(22(18,19,20)21)14(17)13(11)16(5,6)8-2/h9-10H,7-8H2,1-6H3. The van der Waals surface area contributed by atoms with E-state index in [1.54, 1.807) is 20.8 Å². The van der Waals surface area contributed by atoms with Gasteiger partial charge in [0.05, 0.1) is 0 Å². The molecule has 0 N–H and O–H groups in total. The van der Waals surface area contributed by atoms with E-state index in [1.165, 1.54) is 6.07 Å². The Kier molecular flexibility index (Phi) is 4.78. The summed E-state index contributed by atoms with van der Waals surface area (Å²) in [6.45, 7) is 10.8.